The smallest absolute Gasteiger partial charge is 0.141 e. The Morgan fingerprint density at radius 1 is 1.17 bits per heavy atom. The van der Waals surface area contributed by atoms with Gasteiger partial charge in [-0.15, -0.1) is 0 Å². The first-order valence-corrected chi connectivity index (χ1v) is 6.26. The maximum atomic E-state index is 12.8. The lowest BCUT2D eigenvalue weighted by Gasteiger charge is -2.10. The molecule has 18 heavy (non-hydrogen) atoms. The average molecular weight is 311 g/mol. The molecule has 1 unspecified atom stereocenters. The van der Waals surface area contributed by atoms with Gasteiger partial charge in [-0.25, -0.2) is 4.39 Å². The zero-order chi connectivity index (χ0) is 13.1. The zero-order valence-electron chi connectivity index (χ0n) is 9.73. The number of aliphatic hydroxyl groups is 1. The summed E-state index contributed by atoms with van der Waals surface area (Å²) in [7, 11) is 0. The van der Waals surface area contributed by atoms with E-state index in [9.17, 15) is 9.50 Å². The third-order valence-corrected chi connectivity index (χ3v) is 3.10. The van der Waals surface area contributed by atoms with Crippen molar-refractivity contribution in [2.45, 2.75) is 13.0 Å². The van der Waals surface area contributed by atoms with E-state index < -0.39 is 6.10 Å². The van der Waals surface area contributed by atoms with Gasteiger partial charge in [0.25, 0.3) is 0 Å². The van der Waals surface area contributed by atoms with Gasteiger partial charge in [0.15, 0.2) is 0 Å². The molecule has 2 nitrogen and oxygen atoms in total. The van der Waals surface area contributed by atoms with Crippen LogP contribution in [-0.4, -0.2) is 5.11 Å². The lowest BCUT2D eigenvalue weighted by Crippen LogP contribution is -1.92. The van der Waals surface area contributed by atoms with E-state index in [0.717, 1.165) is 10.0 Å². The normalized spacial score (nSPS) is 12.2. The minimum atomic E-state index is -0.527. The van der Waals surface area contributed by atoms with Crippen molar-refractivity contribution in [3.05, 3.63) is 58.3 Å². The fourth-order valence-electron chi connectivity index (χ4n) is 1.49. The average Bonchev–Trinajstić information content (AvgIpc) is 2.34. The largest absolute Gasteiger partial charge is 0.456 e. The number of ether oxygens (including phenoxy) is 1. The van der Waals surface area contributed by atoms with Gasteiger partial charge in [-0.05, 0) is 64.8 Å². The number of rotatable bonds is 3. The molecule has 0 aliphatic carbocycles. The Labute approximate surface area is 113 Å². The van der Waals surface area contributed by atoms with Crippen molar-refractivity contribution in [2.75, 3.05) is 0 Å². The minimum absolute atomic E-state index is 0.300. The second-order valence-corrected chi connectivity index (χ2v) is 4.78. The summed E-state index contributed by atoms with van der Waals surface area (Å²) in [6.45, 7) is 1.70. The molecular formula is C14H12BrFO2. The number of benzene rings is 2. The molecule has 4 heteroatoms. The fraction of sp³-hybridized carbons (Fsp3) is 0.143. The van der Waals surface area contributed by atoms with E-state index in [1.54, 1.807) is 37.3 Å². The molecule has 0 aromatic heterocycles. The van der Waals surface area contributed by atoms with E-state index in [-0.39, 0.29) is 5.82 Å². The summed E-state index contributed by atoms with van der Waals surface area (Å²) in [6.07, 6.45) is -0.527. The molecule has 2 aromatic rings. The SMILES string of the molecule is CC(O)c1ccc(Oc2ccc(F)cc2)c(Br)c1. The Balaban J connectivity index is 2.22. The van der Waals surface area contributed by atoms with E-state index in [4.69, 9.17) is 4.74 Å². The molecule has 2 rings (SSSR count). The minimum Gasteiger partial charge on any atom is -0.456 e. The van der Waals surface area contributed by atoms with Crippen molar-refractivity contribution in [1.29, 1.82) is 0 Å². The van der Waals surface area contributed by atoms with Crippen LogP contribution in [0.15, 0.2) is 46.9 Å². The van der Waals surface area contributed by atoms with Gasteiger partial charge in [0.1, 0.15) is 17.3 Å². The summed E-state index contributed by atoms with van der Waals surface area (Å²) in [6, 6.07) is 11.1. The molecule has 0 fully saturated rings. The summed E-state index contributed by atoms with van der Waals surface area (Å²) in [5, 5.41) is 9.46. The highest BCUT2D eigenvalue weighted by molar-refractivity contribution is 9.10. The highest BCUT2D eigenvalue weighted by atomic mass is 79.9. The molecule has 0 radical (unpaired) electrons. The number of aliphatic hydroxyl groups excluding tert-OH is 1. The Kier molecular flexibility index (Phi) is 3.99. The Bertz CT molecular complexity index is 538. The monoisotopic (exact) mass is 310 g/mol. The summed E-state index contributed by atoms with van der Waals surface area (Å²) < 4.78 is 19.1. The first-order valence-electron chi connectivity index (χ1n) is 5.47. The molecule has 0 amide bonds. The maximum absolute atomic E-state index is 12.8. The van der Waals surface area contributed by atoms with Crippen molar-refractivity contribution >= 4 is 15.9 Å². The Morgan fingerprint density at radius 3 is 2.39 bits per heavy atom. The van der Waals surface area contributed by atoms with Gasteiger partial charge in [-0.3, -0.25) is 0 Å². The summed E-state index contributed by atoms with van der Waals surface area (Å²) in [4.78, 5) is 0. The highest BCUT2D eigenvalue weighted by Crippen LogP contribution is 2.31. The Morgan fingerprint density at radius 2 is 1.83 bits per heavy atom. The second kappa shape index (κ2) is 5.50. The predicted molar refractivity (Wildman–Crippen MR) is 71.2 cm³/mol. The van der Waals surface area contributed by atoms with Crippen LogP contribution in [0.25, 0.3) is 0 Å². The molecule has 1 atom stereocenters. The molecule has 0 heterocycles. The summed E-state index contributed by atoms with van der Waals surface area (Å²) in [5.41, 5.74) is 0.799. The van der Waals surface area contributed by atoms with Crippen molar-refractivity contribution in [3.63, 3.8) is 0 Å². The van der Waals surface area contributed by atoms with Crippen molar-refractivity contribution in [2.24, 2.45) is 0 Å². The molecule has 2 aromatic carbocycles. The maximum Gasteiger partial charge on any atom is 0.141 e. The van der Waals surface area contributed by atoms with E-state index in [1.165, 1.54) is 12.1 Å². The number of hydrogen-bond donors (Lipinski definition) is 1. The number of hydrogen-bond acceptors (Lipinski definition) is 2. The first kappa shape index (κ1) is 13.1. The molecule has 0 aliphatic rings. The molecule has 1 N–H and O–H groups in total. The van der Waals surface area contributed by atoms with Crippen LogP contribution >= 0.6 is 15.9 Å². The van der Waals surface area contributed by atoms with Crippen LogP contribution in [-0.2, 0) is 0 Å². The molecule has 0 spiro atoms. The van der Waals surface area contributed by atoms with Gasteiger partial charge >= 0.3 is 0 Å². The van der Waals surface area contributed by atoms with Gasteiger partial charge in [-0.1, -0.05) is 6.07 Å². The van der Waals surface area contributed by atoms with Crippen molar-refractivity contribution in [3.8, 4) is 11.5 Å². The van der Waals surface area contributed by atoms with Gasteiger partial charge in [0.2, 0.25) is 0 Å². The quantitative estimate of drug-likeness (QED) is 0.908. The van der Waals surface area contributed by atoms with E-state index >= 15 is 0 Å². The first-order chi connectivity index (χ1) is 8.56. The van der Waals surface area contributed by atoms with Gasteiger partial charge in [0.05, 0.1) is 10.6 Å². The van der Waals surface area contributed by atoms with Crippen LogP contribution in [0, 0.1) is 5.82 Å². The third kappa shape index (κ3) is 3.09. The van der Waals surface area contributed by atoms with E-state index in [0.29, 0.717) is 11.5 Å². The second-order valence-electron chi connectivity index (χ2n) is 3.92. The lowest BCUT2D eigenvalue weighted by atomic mass is 10.1. The van der Waals surface area contributed by atoms with Crippen LogP contribution in [0.2, 0.25) is 0 Å². The van der Waals surface area contributed by atoms with Crippen LogP contribution in [0.1, 0.15) is 18.6 Å². The highest BCUT2D eigenvalue weighted by Gasteiger charge is 2.07. The van der Waals surface area contributed by atoms with E-state index in [2.05, 4.69) is 15.9 Å². The van der Waals surface area contributed by atoms with Gasteiger partial charge in [-0.2, -0.15) is 0 Å². The van der Waals surface area contributed by atoms with Crippen molar-refractivity contribution in [1.82, 2.24) is 0 Å². The van der Waals surface area contributed by atoms with Crippen LogP contribution < -0.4 is 4.74 Å². The fourth-order valence-corrected chi connectivity index (χ4v) is 1.97. The summed E-state index contributed by atoms with van der Waals surface area (Å²) >= 11 is 3.38. The van der Waals surface area contributed by atoms with Crippen LogP contribution in [0.5, 0.6) is 11.5 Å². The molecule has 0 aliphatic heterocycles. The van der Waals surface area contributed by atoms with Crippen molar-refractivity contribution < 1.29 is 14.2 Å². The van der Waals surface area contributed by atoms with E-state index in [1.807, 2.05) is 0 Å². The molecule has 0 saturated heterocycles. The molecule has 94 valence electrons. The molecule has 0 bridgehead atoms. The van der Waals surface area contributed by atoms with Gasteiger partial charge in [0, 0.05) is 0 Å². The lowest BCUT2D eigenvalue weighted by molar-refractivity contribution is 0.199. The van der Waals surface area contributed by atoms with Crippen LogP contribution in [0.4, 0.5) is 4.39 Å². The molecular weight excluding hydrogens is 299 g/mol. The summed E-state index contributed by atoms with van der Waals surface area (Å²) in [5.74, 6) is 0.874. The standard InChI is InChI=1S/C14H12BrFO2/c1-9(17)10-2-7-14(13(15)8-10)18-12-5-3-11(16)4-6-12/h2-9,17H,1H3. The third-order valence-electron chi connectivity index (χ3n) is 2.48. The topological polar surface area (TPSA) is 29.5 Å². The number of halogens is 2. The molecule has 0 saturated carbocycles. The zero-order valence-corrected chi connectivity index (χ0v) is 11.3. The van der Waals surface area contributed by atoms with Gasteiger partial charge < -0.3 is 9.84 Å². The Hall–Kier alpha value is -1.39. The predicted octanol–water partition coefficient (Wildman–Crippen LogP) is 4.43. The van der Waals surface area contributed by atoms with Crippen LogP contribution in [0.3, 0.4) is 0 Å².